The topological polar surface area (TPSA) is 3.24 Å². The van der Waals surface area contributed by atoms with E-state index in [1.54, 1.807) is 0 Å². The van der Waals surface area contributed by atoms with E-state index in [-0.39, 0.29) is 0 Å². The van der Waals surface area contributed by atoms with Crippen molar-refractivity contribution in [3.63, 3.8) is 0 Å². The van der Waals surface area contributed by atoms with Crippen LogP contribution in [-0.4, -0.2) is 23.5 Å². The van der Waals surface area contributed by atoms with Crippen molar-refractivity contribution >= 4 is 0 Å². The van der Waals surface area contributed by atoms with Gasteiger partial charge in [0.05, 0.1) is 0 Å². The van der Waals surface area contributed by atoms with Crippen molar-refractivity contribution in [3.8, 4) is 0 Å². The van der Waals surface area contributed by atoms with Crippen LogP contribution in [-0.2, 0) is 0 Å². The van der Waals surface area contributed by atoms with E-state index in [0.29, 0.717) is 0 Å². The molecule has 1 nitrogen and oxygen atoms in total. The number of hydrogen-bond acceptors (Lipinski definition) is 1. The van der Waals surface area contributed by atoms with E-state index in [2.05, 4.69) is 32.6 Å². The van der Waals surface area contributed by atoms with Crippen LogP contribution >= 0.6 is 0 Å². The Morgan fingerprint density at radius 1 is 1.00 bits per heavy atom. The van der Waals surface area contributed by atoms with Gasteiger partial charge in [-0.15, -0.1) is 0 Å². The van der Waals surface area contributed by atoms with Crippen LogP contribution in [0.1, 0.15) is 59.8 Å². The highest BCUT2D eigenvalue weighted by atomic mass is 15.2. The van der Waals surface area contributed by atoms with E-state index in [0.717, 1.165) is 29.8 Å². The molecule has 0 spiro atoms. The minimum absolute atomic E-state index is 0.834. The molecule has 1 saturated carbocycles. The van der Waals surface area contributed by atoms with Gasteiger partial charge in [0.15, 0.2) is 0 Å². The van der Waals surface area contributed by atoms with Gasteiger partial charge in [-0.05, 0) is 56.9 Å². The van der Waals surface area contributed by atoms with Crippen molar-refractivity contribution < 1.29 is 0 Å². The molecule has 1 aliphatic carbocycles. The number of nitrogens with zero attached hydrogens (tertiary/aromatic N) is 1. The lowest BCUT2D eigenvalue weighted by Crippen LogP contribution is -2.49. The summed E-state index contributed by atoms with van der Waals surface area (Å²) in [5.74, 6) is 2.74. The Balaban J connectivity index is 2.09. The average molecular weight is 223 g/mol. The van der Waals surface area contributed by atoms with Crippen LogP contribution in [0.5, 0.6) is 0 Å². The molecule has 0 amide bonds. The van der Waals surface area contributed by atoms with Crippen LogP contribution in [0.25, 0.3) is 0 Å². The third-order valence-corrected chi connectivity index (χ3v) is 5.07. The van der Waals surface area contributed by atoms with E-state index in [1.165, 1.54) is 38.6 Å². The van der Waals surface area contributed by atoms with Crippen LogP contribution < -0.4 is 0 Å². The molecule has 94 valence electrons. The van der Waals surface area contributed by atoms with Gasteiger partial charge in [-0.3, -0.25) is 4.90 Å². The zero-order chi connectivity index (χ0) is 11.7. The Labute approximate surface area is 102 Å². The fraction of sp³-hybridized carbons (Fsp3) is 1.00. The monoisotopic (exact) mass is 223 g/mol. The number of piperidine rings is 1. The van der Waals surface area contributed by atoms with Gasteiger partial charge in [-0.25, -0.2) is 0 Å². The van der Waals surface area contributed by atoms with Crippen LogP contribution in [0, 0.1) is 17.8 Å². The van der Waals surface area contributed by atoms with Gasteiger partial charge in [0.2, 0.25) is 0 Å². The third-order valence-electron chi connectivity index (χ3n) is 5.07. The summed E-state index contributed by atoms with van der Waals surface area (Å²) in [5.41, 5.74) is 0. The molecule has 2 fully saturated rings. The van der Waals surface area contributed by atoms with Gasteiger partial charge in [0.1, 0.15) is 0 Å². The van der Waals surface area contributed by atoms with Crippen molar-refractivity contribution in [2.24, 2.45) is 17.8 Å². The number of hydrogen-bond donors (Lipinski definition) is 0. The van der Waals surface area contributed by atoms with Crippen LogP contribution in [0.2, 0.25) is 0 Å². The van der Waals surface area contributed by atoms with E-state index >= 15 is 0 Å². The average Bonchev–Trinajstić information content (AvgIpc) is 2.61. The minimum Gasteiger partial charge on any atom is -0.297 e. The fourth-order valence-electron chi connectivity index (χ4n) is 4.08. The normalized spacial score (nSPS) is 41.8. The lowest BCUT2D eigenvalue weighted by Gasteiger charge is -2.43. The molecule has 1 saturated heterocycles. The molecule has 2 aliphatic rings. The van der Waals surface area contributed by atoms with Crippen molar-refractivity contribution in [3.05, 3.63) is 0 Å². The smallest absolute Gasteiger partial charge is 0.0154 e. The zero-order valence-electron chi connectivity index (χ0n) is 11.6. The lowest BCUT2D eigenvalue weighted by molar-refractivity contribution is 0.0500. The van der Waals surface area contributed by atoms with Gasteiger partial charge in [0.25, 0.3) is 0 Å². The van der Waals surface area contributed by atoms with E-state index in [9.17, 15) is 0 Å². The molecule has 0 radical (unpaired) electrons. The molecule has 1 aliphatic heterocycles. The largest absolute Gasteiger partial charge is 0.297 e. The first kappa shape index (κ1) is 12.4. The van der Waals surface area contributed by atoms with Crippen molar-refractivity contribution in [1.82, 2.24) is 4.90 Å². The maximum Gasteiger partial charge on any atom is 0.0154 e. The molecule has 1 heteroatoms. The highest BCUT2D eigenvalue weighted by Crippen LogP contribution is 2.41. The first-order chi connectivity index (χ1) is 7.61. The third kappa shape index (κ3) is 2.30. The summed E-state index contributed by atoms with van der Waals surface area (Å²) in [6.07, 6.45) is 7.22. The van der Waals surface area contributed by atoms with Gasteiger partial charge in [0, 0.05) is 12.1 Å². The second-order valence-electron chi connectivity index (χ2n) is 6.54. The summed E-state index contributed by atoms with van der Waals surface area (Å²) in [6.45, 7) is 11.1. The van der Waals surface area contributed by atoms with Crippen LogP contribution in [0.15, 0.2) is 0 Å². The van der Waals surface area contributed by atoms with E-state index in [4.69, 9.17) is 0 Å². The maximum absolute atomic E-state index is 2.85. The summed E-state index contributed by atoms with van der Waals surface area (Å²) >= 11 is 0. The highest BCUT2D eigenvalue weighted by molar-refractivity contribution is 4.94. The number of likely N-dealkylation sites (tertiary alicyclic amines) is 1. The number of rotatable bonds is 2. The fourth-order valence-corrected chi connectivity index (χ4v) is 4.08. The molecular weight excluding hydrogens is 194 g/mol. The first-order valence-corrected chi connectivity index (χ1v) is 7.37. The SMILES string of the molecule is CC(C)[C@H]1CC[C@H](C)[C@@H]1N1CCCCC1C. The summed E-state index contributed by atoms with van der Waals surface area (Å²) in [6, 6.07) is 1.72. The molecule has 1 heterocycles. The van der Waals surface area contributed by atoms with E-state index < -0.39 is 0 Å². The molecule has 0 N–H and O–H groups in total. The second-order valence-corrected chi connectivity index (χ2v) is 6.54. The van der Waals surface area contributed by atoms with Crippen molar-refractivity contribution in [1.29, 1.82) is 0 Å². The molecule has 0 bridgehead atoms. The molecule has 2 rings (SSSR count). The molecular formula is C15H29N. The Morgan fingerprint density at radius 2 is 1.75 bits per heavy atom. The Morgan fingerprint density at radius 3 is 2.38 bits per heavy atom. The van der Waals surface area contributed by atoms with Crippen molar-refractivity contribution in [2.75, 3.05) is 6.54 Å². The van der Waals surface area contributed by atoms with Crippen LogP contribution in [0.4, 0.5) is 0 Å². The molecule has 1 unspecified atom stereocenters. The maximum atomic E-state index is 2.85. The lowest BCUT2D eigenvalue weighted by atomic mass is 9.85. The first-order valence-electron chi connectivity index (χ1n) is 7.37. The molecule has 0 aromatic rings. The molecule has 4 atom stereocenters. The Bertz CT molecular complexity index is 223. The Hall–Kier alpha value is -0.0400. The van der Waals surface area contributed by atoms with Crippen LogP contribution in [0.3, 0.4) is 0 Å². The predicted octanol–water partition coefficient (Wildman–Crippen LogP) is 3.93. The summed E-state index contributed by atoms with van der Waals surface area (Å²) < 4.78 is 0. The summed E-state index contributed by atoms with van der Waals surface area (Å²) in [5, 5.41) is 0. The highest BCUT2D eigenvalue weighted by Gasteiger charge is 2.40. The molecule has 16 heavy (non-hydrogen) atoms. The van der Waals surface area contributed by atoms with Gasteiger partial charge in [-0.1, -0.05) is 27.2 Å². The Kier molecular flexibility index (Phi) is 3.94. The van der Waals surface area contributed by atoms with Gasteiger partial charge >= 0.3 is 0 Å². The van der Waals surface area contributed by atoms with E-state index in [1.807, 2.05) is 0 Å². The molecule has 0 aromatic carbocycles. The predicted molar refractivity (Wildman–Crippen MR) is 70.5 cm³/mol. The second kappa shape index (κ2) is 5.08. The van der Waals surface area contributed by atoms with Crippen molar-refractivity contribution in [2.45, 2.75) is 71.9 Å². The zero-order valence-corrected chi connectivity index (χ0v) is 11.6. The summed E-state index contributed by atoms with van der Waals surface area (Å²) in [4.78, 5) is 2.85. The quantitative estimate of drug-likeness (QED) is 0.685. The standard InChI is InChI=1S/C15H29N/c1-11(2)14-9-8-12(3)15(14)16-10-6-5-7-13(16)4/h11-15H,5-10H2,1-4H3/t12-,13?,14+,15-/m0/s1. The summed E-state index contributed by atoms with van der Waals surface area (Å²) in [7, 11) is 0. The molecule has 0 aromatic heterocycles. The minimum atomic E-state index is 0.834. The van der Waals surface area contributed by atoms with Gasteiger partial charge in [-0.2, -0.15) is 0 Å². The van der Waals surface area contributed by atoms with Gasteiger partial charge < -0.3 is 0 Å².